The smallest absolute Gasteiger partial charge is 0.219 e. The first-order valence-electron chi connectivity index (χ1n) is 5.66. The van der Waals surface area contributed by atoms with Gasteiger partial charge in [-0.15, -0.1) is 0 Å². The number of nitrogens with one attached hydrogen (secondary N) is 1. The van der Waals surface area contributed by atoms with Crippen LogP contribution in [0.5, 0.6) is 0 Å². The fourth-order valence-corrected chi connectivity index (χ4v) is 3.20. The summed E-state index contributed by atoms with van der Waals surface area (Å²) in [6.07, 6.45) is 7.77. The van der Waals surface area contributed by atoms with Crippen molar-refractivity contribution in [2.75, 3.05) is 0 Å². The largest absolute Gasteiger partial charge is 0.331 e. The van der Waals surface area contributed by atoms with Crippen LogP contribution < -0.4 is 4.72 Å². The number of aromatic nitrogens is 2. The Balaban J connectivity index is 1.74. The average molecular weight is 241 g/mol. The number of hydrogen-bond acceptors (Lipinski definition) is 3. The van der Waals surface area contributed by atoms with Gasteiger partial charge in [-0.05, 0) is 25.7 Å². The Kier molecular flexibility index (Phi) is 2.29. The Hall–Kier alpha value is -0.880. The maximum atomic E-state index is 11.8. The number of imidazole rings is 1. The molecule has 1 aromatic heterocycles. The minimum atomic E-state index is -3.20. The van der Waals surface area contributed by atoms with Gasteiger partial charge in [-0.3, -0.25) is 0 Å². The van der Waals surface area contributed by atoms with Gasteiger partial charge in [-0.25, -0.2) is 18.1 Å². The van der Waals surface area contributed by atoms with E-state index in [1.807, 2.05) is 10.8 Å². The van der Waals surface area contributed by atoms with Crippen molar-refractivity contribution in [3.63, 3.8) is 0 Å². The molecule has 2 fully saturated rings. The summed E-state index contributed by atoms with van der Waals surface area (Å²) in [5.74, 6) is 0.670. The van der Waals surface area contributed by atoms with Crippen molar-refractivity contribution in [1.82, 2.24) is 14.3 Å². The number of hydrogen-bond donors (Lipinski definition) is 1. The van der Waals surface area contributed by atoms with Crippen LogP contribution in [0.1, 0.15) is 37.5 Å². The van der Waals surface area contributed by atoms with E-state index in [4.69, 9.17) is 0 Å². The molecule has 0 aromatic carbocycles. The van der Waals surface area contributed by atoms with Gasteiger partial charge in [-0.2, -0.15) is 0 Å². The third kappa shape index (κ3) is 2.27. The molecule has 3 rings (SSSR count). The molecule has 0 saturated heterocycles. The van der Waals surface area contributed by atoms with E-state index >= 15 is 0 Å². The Labute approximate surface area is 94.9 Å². The van der Waals surface area contributed by atoms with Gasteiger partial charge < -0.3 is 4.57 Å². The highest BCUT2D eigenvalue weighted by atomic mass is 32.2. The Morgan fingerprint density at radius 2 is 2.12 bits per heavy atom. The summed E-state index contributed by atoms with van der Waals surface area (Å²) in [5.41, 5.74) is 0. The molecule has 2 saturated carbocycles. The van der Waals surface area contributed by atoms with E-state index in [1.165, 1.54) is 0 Å². The molecule has 1 heterocycles. The highest BCUT2D eigenvalue weighted by Crippen LogP contribution is 2.35. The standard InChI is InChI=1S/C10H15N3O2S/c14-16(15,12-8-1-2-8)7-10-11-5-6-13(10)9-3-4-9/h5-6,8-9,12H,1-4,7H2. The second-order valence-electron chi connectivity index (χ2n) is 4.63. The maximum Gasteiger partial charge on any atom is 0.219 e. The van der Waals surface area contributed by atoms with Crippen LogP contribution in [0, 0.1) is 0 Å². The van der Waals surface area contributed by atoms with Crippen LogP contribution >= 0.6 is 0 Å². The average Bonchev–Trinajstić information content (AvgIpc) is 3.09. The molecule has 5 nitrogen and oxygen atoms in total. The van der Waals surface area contributed by atoms with Crippen molar-refractivity contribution >= 4 is 10.0 Å². The minimum Gasteiger partial charge on any atom is -0.331 e. The quantitative estimate of drug-likeness (QED) is 0.829. The molecule has 1 N–H and O–H groups in total. The monoisotopic (exact) mass is 241 g/mol. The van der Waals surface area contributed by atoms with Crippen LogP contribution in [-0.4, -0.2) is 24.0 Å². The van der Waals surface area contributed by atoms with Crippen LogP contribution in [0.4, 0.5) is 0 Å². The summed E-state index contributed by atoms with van der Waals surface area (Å²) >= 11 is 0. The number of nitrogens with zero attached hydrogens (tertiary/aromatic N) is 2. The third-order valence-electron chi connectivity index (χ3n) is 2.93. The maximum absolute atomic E-state index is 11.8. The fraction of sp³-hybridized carbons (Fsp3) is 0.700. The van der Waals surface area contributed by atoms with Gasteiger partial charge in [0.25, 0.3) is 0 Å². The van der Waals surface area contributed by atoms with E-state index in [0.717, 1.165) is 25.7 Å². The summed E-state index contributed by atoms with van der Waals surface area (Å²) in [7, 11) is -3.20. The summed E-state index contributed by atoms with van der Waals surface area (Å²) in [4.78, 5) is 4.13. The summed E-state index contributed by atoms with van der Waals surface area (Å²) < 4.78 is 28.2. The van der Waals surface area contributed by atoms with Crippen molar-refractivity contribution in [2.24, 2.45) is 0 Å². The zero-order chi connectivity index (χ0) is 11.2. The molecule has 16 heavy (non-hydrogen) atoms. The second-order valence-corrected chi connectivity index (χ2v) is 6.39. The van der Waals surface area contributed by atoms with E-state index < -0.39 is 10.0 Å². The molecule has 2 aliphatic carbocycles. The first kappa shape index (κ1) is 10.3. The van der Waals surface area contributed by atoms with Crippen LogP contribution in [-0.2, 0) is 15.8 Å². The lowest BCUT2D eigenvalue weighted by Gasteiger charge is -2.07. The lowest BCUT2D eigenvalue weighted by molar-refractivity contribution is 0.575. The number of rotatable bonds is 5. The Morgan fingerprint density at radius 1 is 1.38 bits per heavy atom. The molecule has 0 spiro atoms. The van der Waals surface area contributed by atoms with Crippen LogP contribution in [0.25, 0.3) is 0 Å². The van der Waals surface area contributed by atoms with E-state index in [1.54, 1.807) is 6.20 Å². The molecule has 2 aliphatic rings. The van der Waals surface area contributed by atoms with E-state index in [2.05, 4.69) is 9.71 Å². The SMILES string of the molecule is O=S(=O)(Cc1nccn1C1CC1)NC1CC1. The molecule has 0 atom stereocenters. The normalized spacial score (nSPS) is 21.2. The number of sulfonamides is 1. The highest BCUT2D eigenvalue weighted by Gasteiger charge is 2.30. The molecule has 6 heteroatoms. The topological polar surface area (TPSA) is 64.0 Å². The summed E-state index contributed by atoms with van der Waals surface area (Å²) in [5, 5.41) is 0. The van der Waals surface area contributed by atoms with Gasteiger partial charge in [0.05, 0.1) is 0 Å². The molecular weight excluding hydrogens is 226 g/mol. The van der Waals surface area contributed by atoms with Crippen LogP contribution in [0.2, 0.25) is 0 Å². The molecule has 1 aromatic rings. The third-order valence-corrected chi connectivity index (χ3v) is 4.26. The van der Waals surface area contributed by atoms with Crippen molar-refractivity contribution in [2.45, 2.75) is 43.5 Å². The molecule has 0 bridgehead atoms. The lowest BCUT2D eigenvalue weighted by atomic mass is 10.6. The fourth-order valence-electron chi connectivity index (χ4n) is 1.81. The molecule has 0 amide bonds. The van der Waals surface area contributed by atoms with E-state index in [0.29, 0.717) is 11.9 Å². The van der Waals surface area contributed by atoms with Crippen molar-refractivity contribution in [3.05, 3.63) is 18.2 Å². The van der Waals surface area contributed by atoms with Crippen LogP contribution in [0.15, 0.2) is 12.4 Å². The zero-order valence-corrected chi connectivity index (χ0v) is 9.78. The van der Waals surface area contributed by atoms with Gasteiger partial charge in [0.15, 0.2) is 0 Å². The van der Waals surface area contributed by atoms with Gasteiger partial charge in [0.1, 0.15) is 11.6 Å². The first-order valence-corrected chi connectivity index (χ1v) is 7.31. The van der Waals surface area contributed by atoms with Crippen molar-refractivity contribution in [1.29, 1.82) is 0 Å². The van der Waals surface area contributed by atoms with Gasteiger partial charge in [0.2, 0.25) is 10.0 Å². The Morgan fingerprint density at radius 3 is 2.75 bits per heavy atom. The van der Waals surface area contributed by atoms with Gasteiger partial charge >= 0.3 is 0 Å². The van der Waals surface area contributed by atoms with E-state index in [9.17, 15) is 8.42 Å². The Bertz CT molecular complexity index is 486. The predicted molar refractivity (Wildman–Crippen MR) is 59.3 cm³/mol. The van der Waals surface area contributed by atoms with Gasteiger partial charge in [-0.1, -0.05) is 0 Å². The van der Waals surface area contributed by atoms with E-state index in [-0.39, 0.29) is 11.8 Å². The van der Waals surface area contributed by atoms with Crippen molar-refractivity contribution in [3.8, 4) is 0 Å². The zero-order valence-electron chi connectivity index (χ0n) is 8.96. The lowest BCUT2D eigenvalue weighted by Crippen LogP contribution is -2.28. The van der Waals surface area contributed by atoms with Gasteiger partial charge in [0, 0.05) is 24.5 Å². The second kappa shape index (κ2) is 3.56. The molecular formula is C10H15N3O2S. The minimum absolute atomic E-state index is 0.00694. The highest BCUT2D eigenvalue weighted by molar-refractivity contribution is 7.88. The summed E-state index contributed by atoms with van der Waals surface area (Å²) in [6.45, 7) is 0. The molecule has 0 radical (unpaired) electrons. The molecule has 88 valence electrons. The summed E-state index contributed by atoms with van der Waals surface area (Å²) in [6, 6.07) is 0.656. The molecule has 0 unspecified atom stereocenters. The van der Waals surface area contributed by atoms with Crippen LogP contribution in [0.3, 0.4) is 0 Å². The molecule has 0 aliphatic heterocycles. The first-order chi connectivity index (χ1) is 7.64. The predicted octanol–water partition coefficient (Wildman–Crippen LogP) is 0.800. The van der Waals surface area contributed by atoms with Crippen molar-refractivity contribution < 1.29 is 8.42 Å².